The SMILES string of the molecule is O=C(NCC(=O)N1CCC[C@@H]1CCc1ccccc1)c1ccccc1. The molecule has 2 aromatic carbocycles. The summed E-state index contributed by atoms with van der Waals surface area (Å²) in [6.07, 6.45) is 4.04. The van der Waals surface area contributed by atoms with Crippen molar-refractivity contribution in [3.8, 4) is 0 Å². The molecule has 4 nitrogen and oxygen atoms in total. The molecule has 0 unspecified atom stereocenters. The maximum absolute atomic E-state index is 12.5. The van der Waals surface area contributed by atoms with Crippen LogP contribution in [0.1, 0.15) is 35.2 Å². The van der Waals surface area contributed by atoms with E-state index in [4.69, 9.17) is 0 Å². The number of aryl methyl sites for hydroxylation is 1. The highest BCUT2D eigenvalue weighted by Crippen LogP contribution is 2.21. The van der Waals surface area contributed by atoms with Crippen molar-refractivity contribution in [1.29, 1.82) is 0 Å². The number of likely N-dealkylation sites (tertiary alicyclic amines) is 1. The van der Waals surface area contributed by atoms with Gasteiger partial charge in [-0.3, -0.25) is 9.59 Å². The Morgan fingerprint density at radius 1 is 1.00 bits per heavy atom. The molecule has 0 radical (unpaired) electrons. The average Bonchev–Trinajstić information content (AvgIpc) is 3.14. The summed E-state index contributed by atoms with van der Waals surface area (Å²) in [5.41, 5.74) is 1.89. The van der Waals surface area contributed by atoms with Crippen molar-refractivity contribution in [2.24, 2.45) is 0 Å². The van der Waals surface area contributed by atoms with Gasteiger partial charge in [-0.2, -0.15) is 0 Å². The van der Waals surface area contributed by atoms with Crippen molar-refractivity contribution in [3.05, 3.63) is 71.8 Å². The van der Waals surface area contributed by atoms with Crippen molar-refractivity contribution in [3.63, 3.8) is 0 Å². The highest BCUT2D eigenvalue weighted by Gasteiger charge is 2.28. The number of nitrogens with zero attached hydrogens (tertiary/aromatic N) is 1. The largest absolute Gasteiger partial charge is 0.343 e. The molecule has 0 spiro atoms. The van der Waals surface area contributed by atoms with E-state index in [1.165, 1.54) is 5.56 Å². The molecule has 2 aromatic rings. The number of carbonyl (C=O) groups is 2. The van der Waals surface area contributed by atoms with E-state index in [0.717, 1.165) is 32.2 Å². The van der Waals surface area contributed by atoms with Crippen LogP contribution in [0.3, 0.4) is 0 Å². The van der Waals surface area contributed by atoms with Crippen LogP contribution in [0.2, 0.25) is 0 Å². The molecule has 0 saturated carbocycles. The van der Waals surface area contributed by atoms with Crippen LogP contribution in [0.4, 0.5) is 0 Å². The zero-order valence-corrected chi connectivity index (χ0v) is 14.4. The van der Waals surface area contributed by atoms with Gasteiger partial charge >= 0.3 is 0 Å². The van der Waals surface area contributed by atoms with Crippen LogP contribution in [0.25, 0.3) is 0 Å². The van der Waals surface area contributed by atoms with Gasteiger partial charge in [-0.25, -0.2) is 0 Å². The van der Waals surface area contributed by atoms with Crippen LogP contribution in [0, 0.1) is 0 Å². The summed E-state index contributed by atoms with van der Waals surface area (Å²) in [6, 6.07) is 19.6. The molecular formula is C21H24N2O2. The molecule has 25 heavy (non-hydrogen) atoms. The Labute approximate surface area is 148 Å². The number of carbonyl (C=O) groups excluding carboxylic acids is 2. The molecule has 1 N–H and O–H groups in total. The van der Waals surface area contributed by atoms with E-state index in [2.05, 4.69) is 17.4 Å². The maximum atomic E-state index is 12.5. The normalized spacial score (nSPS) is 16.6. The van der Waals surface area contributed by atoms with Crippen molar-refractivity contribution in [2.75, 3.05) is 13.1 Å². The fourth-order valence-corrected chi connectivity index (χ4v) is 3.39. The smallest absolute Gasteiger partial charge is 0.251 e. The lowest BCUT2D eigenvalue weighted by Crippen LogP contribution is -2.42. The van der Waals surface area contributed by atoms with Crippen molar-refractivity contribution < 1.29 is 9.59 Å². The third-order valence-electron chi connectivity index (χ3n) is 4.74. The van der Waals surface area contributed by atoms with E-state index in [-0.39, 0.29) is 24.4 Å². The van der Waals surface area contributed by atoms with Crippen LogP contribution in [-0.4, -0.2) is 35.8 Å². The van der Waals surface area contributed by atoms with E-state index < -0.39 is 0 Å². The average molecular weight is 336 g/mol. The summed E-state index contributed by atoms with van der Waals surface area (Å²) in [7, 11) is 0. The molecule has 0 aromatic heterocycles. The van der Waals surface area contributed by atoms with Gasteiger partial charge in [0.1, 0.15) is 0 Å². The molecule has 1 aliphatic rings. The molecule has 1 saturated heterocycles. The van der Waals surface area contributed by atoms with Crippen molar-refractivity contribution in [2.45, 2.75) is 31.7 Å². The lowest BCUT2D eigenvalue weighted by molar-refractivity contribution is -0.131. The number of benzene rings is 2. The minimum atomic E-state index is -0.200. The first-order chi connectivity index (χ1) is 12.2. The van der Waals surface area contributed by atoms with Gasteiger partial charge in [-0.05, 0) is 43.4 Å². The number of amides is 2. The first kappa shape index (κ1) is 17.2. The Kier molecular flexibility index (Phi) is 5.83. The highest BCUT2D eigenvalue weighted by atomic mass is 16.2. The summed E-state index contributed by atoms with van der Waals surface area (Å²) >= 11 is 0. The summed E-state index contributed by atoms with van der Waals surface area (Å²) < 4.78 is 0. The minimum Gasteiger partial charge on any atom is -0.343 e. The molecule has 1 fully saturated rings. The highest BCUT2D eigenvalue weighted by molar-refractivity contribution is 5.96. The summed E-state index contributed by atoms with van der Waals surface area (Å²) in [6.45, 7) is 0.856. The first-order valence-electron chi connectivity index (χ1n) is 8.90. The number of hydrogen-bond donors (Lipinski definition) is 1. The van der Waals surface area contributed by atoms with Crippen LogP contribution in [-0.2, 0) is 11.2 Å². The maximum Gasteiger partial charge on any atom is 0.251 e. The molecule has 3 rings (SSSR count). The Hall–Kier alpha value is -2.62. The van der Waals surface area contributed by atoms with Gasteiger partial charge in [-0.1, -0.05) is 48.5 Å². The van der Waals surface area contributed by atoms with Gasteiger partial charge in [0.05, 0.1) is 6.54 Å². The fourth-order valence-electron chi connectivity index (χ4n) is 3.39. The molecule has 1 atom stereocenters. The molecule has 4 heteroatoms. The van der Waals surface area contributed by atoms with Gasteiger partial charge in [-0.15, -0.1) is 0 Å². The summed E-state index contributed by atoms with van der Waals surface area (Å²) in [5.74, 6) is -0.186. The minimum absolute atomic E-state index is 0.0137. The van der Waals surface area contributed by atoms with E-state index in [0.29, 0.717) is 5.56 Å². The van der Waals surface area contributed by atoms with E-state index in [1.54, 1.807) is 12.1 Å². The van der Waals surface area contributed by atoms with Gasteiger partial charge in [0.25, 0.3) is 5.91 Å². The molecule has 1 aliphatic heterocycles. The van der Waals surface area contributed by atoms with Gasteiger partial charge in [0.2, 0.25) is 5.91 Å². The second-order valence-corrected chi connectivity index (χ2v) is 6.46. The second-order valence-electron chi connectivity index (χ2n) is 6.46. The first-order valence-corrected chi connectivity index (χ1v) is 8.90. The van der Waals surface area contributed by atoms with Gasteiger partial charge < -0.3 is 10.2 Å². The Balaban J connectivity index is 1.49. The molecule has 0 bridgehead atoms. The lowest BCUT2D eigenvalue weighted by atomic mass is 10.0. The standard InChI is InChI=1S/C21H24N2O2/c24-20(16-22-21(25)18-10-5-2-6-11-18)23-15-7-12-19(23)14-13-17-8-3-1-4-9-17/h1-6,8-11,19H,7,12-16H2,(H,22,25)/t19-/m1/s1. The third kappa shape index (κ3) is 4.69. The summed E-state index contributed by atoms with van der Waals surface area (Å²) in [5, 5.41) is 2.74. The Morgan fingerprint density at radius 2 is 1.68 bits per heavy atom. The van der Waals surface area contributed by atoms with Gasteiger partial charge in [0.15, 0.2) is 0 Å². The molecule has 1 heterocycles. The predicted molar refractivity (Wildman–Crippen MR) is 98.3 cm³/mol. The molecular weight excluding hydrogens is 312 g/mol. The Bertz CT molecular complexity index is 700. The zero-order valence-electron chi connectivity index (χ0n) is 14.4. The number of nitrogens with one attached hydrogen (secondary N) is 1. The van der Waals surface area contributed by atoms with Crippen LogP contribution in [0.15, 0.2) is 60.7 Å². The van der Waals surface area contributed by atoms with E-state index in [9.17, 15) is 9.59 Å². The summed E-state index contributed by atoms with van der Waals surface area (Å²) in [4.78, 5) is 26.5. The molecule has 0 aliphatic carbocycles. The molecule has 130 valence electrons. The van der Waals surface area contributed by atoms with Crippen LogP contribution < -0.4 is 5.32 Å². The van der Waals surface area contributed by atoms with E-state index >= 15 is 0 Å². The fraction of sp³-hybridized carbons (Fsp3) is 0.333. The van der Waals surface area contributed by atoms with E-state index in [1.807, 2.05) is 41.3 Å². The quantitative estimate of drug-likeness (QED) is 0.881. The molecule has 2 amide bonds. The Morgan fingerprint density at radius 3 is 2.40 bits per heavy atom. The number of rotatable bonds is 6. The number of hydrogen-bond acceptors (Lipinski definition) is 2. The zero-order chi connectivity index (χ0) is 17.5. The predicted octanol–water partition coefficient (Wildman–Crippen LogP) is 3.04. The second kappa shape index (κ2) is 8.47. The van der Waals surface area contributed by atoms with Crippen molar-refractivity contribution >= 4 is 11.8 Å². The van der Waals surface area contributed by atoms with Crippen molar-refractivity contribution in [1.82, 2.24) is 10.2 Å². The van der Waals surface area contributed by atoms with Gasteiger partial charge in [0, 0.05) is 18.2 Å². The topological polar surface area (TPSA) is 49.4 Å². The van der Waals surface area contributed by atoms with Crippen LogP contribution >= 0.6 is 0 Å². The van der Waals surface area contributed by atoms with Crippen LogP contribution in [0.5, 0.6) is 0 Å². The monoisotopic (exact) mass is 336 g/mol. The third-order valence-corrected chi connectivity index (χ3v) is 4.74. The lowest BCUT2D eigenvalue weighted by Gasteiger charge is -2.25.